The van der Waals surface area contributed by atoms with Crippen molar-refractivity contribution in [2.45, 2.75) is 39.3 Å². The summed E-state index contributed by atoms with van der Waals surface area (Å²) in [4.78, 5) is 11.8. The van der Waals surface area contributed by atoms with Crippen LogP contribution >= 0.6 is 0 Å². The van der Waals surface area contributed by atoms with E-state index in [9.17, 15) is 13.2 Å². The summed E-state index contributed by atoms with van der Waals surface area (Å²) in [5.74, 6) is 0.579. The van der Waals surface area contributed by atoms with Crippen LogP contribution < -0.4 is 10.1 Å². The van der Waals surface area contributed by atoms with Crippen molar-refractivity contribution in [1.82, 2.24) is 9.62 Å². The van der Waals surface area contributed by atoms with Gasteiger partial charge in [0.05, 0.1) is 13.4 Å². The minimum atomic E-state index is -3.39. The smallest absolute Gasteiger partial charge is 0.221 e. The summed E-state index contributed by atoms with van der Waals surface area (Å²) < 4.78 is 30.2. The van der Waals surface area contributed by atoms with Gasteiger partial charge in [-0.05, 0) is 31.0 Å². The molecule has 1 atom stereocenters. The molecule has 1 unspecified atom stereocenters. The van der Waals surface area contributed by atoms with Crippen molar-refractivity contribution in [3.8, 4) is 5.75 Å². The maximum Gasteiger partial charge on any atom is 0.221 e. The van der Waals surface area contributed by atoms with E-state index in [0.717, 1.165) is 18.2 Å². The van der Waals surface area contributed by atoms with Gasteiger partial charge in [0.2, 0.25) is 15.9 Å². The van der Waals surface area contributed by atoms with Crippen LogP contribution in [0.3, 0.4) is 0 Å². The highest BCUT2D eigenvalue weighted by Crippen LogP contribution is 2.14. The van der Waals surface area contributed by atoms with Crippen molar-refractivity contribution in [3.05, 3.63) is 29.8 Å². The van der Waals surface area contributed by atoms with Gasteiger partial charge >= 0.3 is 0 Å². The lowest BCUT2D eigenvalue weighted by molar-refractivity contribution is -0.121. The van der Waals surface area contributed by atoms with Crippen LogP contribution in [-0.4, -0.2) is 44.6 Å². The highest BCUT2D eigenvalue weighted by molar-refractivity contribution is 7.88. The van der Waals surface area contributed by atoms with Crippen LogP contribution in [-0.2, 0) is 21.4 Å². The summed E-state index contributed by atoms with van der Waals surface area (Å²) in [6, 6.07) is 7.29. The number of nitrogens with zero attached hydrogens (tertiary/aromatic N) is 1. The average Bonchev–Trinajstić information content (AvgIpc) is 2.50. The Hall–Kier alpha value is -1.60. The van der Waals surface area contributed by atoms with Gasteiger partial charge in [-0.15, -0.1) is 0 Å². The summed E-state index contributed by atoms with van der Waals surface area (Å²) >= 11 is 0. The van der Waals surface area contributed by atoms with Gasteiger partial charge in [-0.3, -0.25) is 4.79 Å². The second-order valence-electron chi connectivity index (χ2n) is 5.57. The van der Waals surface area contributed by atoms with Crippen molar-refractivity contribution < 1.29 is 17.9 Å². The molecule has 1 aromatic rings. The van der Waals surface area contributed by atoms with E-state index >= 15 is 0 Å². The number of methoxy groups -OCH3 is 1. The maximum absolute atomic E-state index is 11.9. The highest BCUT2D eigenvalue weighted by atomic mass is 32.2. The number of amides is 1. The lowest BCUT2D eigenvalue weighted by atomic mass is 10.2. The van der Waals surface area contributed by atoms with Crippen LogP contribution in [0, 0.1) is 0 Å². The Balaban J connectivity index is 2.68. The minimum absolute atomic E-state index is 0.0933. The molecular weight excluding hydrogens is 316 g/mol. The second-order valence-corrected chi connectivity index (χ2v) is 7.55. The zero-order valence-electron chi connectivity index (χ0n) is 14.2. The van der Waals surface area contributed by atoms with E-state index in [1.54, 1.807) is 19.2 Å². The van der Waals surface area contributed by atoms with Gasteiger partial charge in [-0.2, -0.15) is 4.31 Å². The molecule has 7 heteroatoms. The molecule has 0 bridgehead atoms. The van der Waals surface area contributed by atoms with Crippen LogP contribution in [0.5, 0.6) is 5.75 Å². The Kier molecular flexibility index (Phi) is 7.51. The molecule has 0 fully saturated rings. The molecule has 0 aliphatic heterocycles. The molecule has 1 aromatic carbocycles. The van der Waals surface area contributed by atoms with Gasteiger partial charge in [0.15, 0.2) is 0 Å². The Morgan fingerprint density at radius 3 is 2.39 bits per heavy atom. The van der Waals surface area contributed by atoms with E-state index in [1.807, 2.05) is 26.0 Å². The Labute approximate surface area is 138 Å². The van der Waals surface area contributed by atoms with Gasteiger partial charge in [0, 0.05) is 25.6 Å². The predicted octanol–water partition coefficient (Wildman–Crippen LogP) is 1.76. The van der Waals surface area contributed by atoms with E-state index in [1.165, 1.54) is 4.31 Å². The molecule has 0 heterocycles. The topological polar surface area (TPSA) is 75.7 Å². The van der Waals surface area contributed by atoms with Crippen molar-refractivity contribution in [1.29, 1.82) is 0 Å². The number of benzene rings is 1. The highest BCUT2D eigenvalue weighted by Gasteiger charge is 2.18. The largest absolute Gasteiger partial charge is 0.497 e. The third-order valence-electron chi connectivity index (χ3n) is 3.60. The summed E-state index contributed by atoms with van der Waals surface area (Å²) in [6.45, 7) is 4.30. The molecule has 6 nitrogen and oxygen atoms in total. The fourth-order valence-electron chi connectivity index (χ4n) is 1.97. The molecule has 0 spiro atoms. The molecule has 0 radical (unpaired) electrons. The summed E-state index contributed by atoms with van der Waals surface area (Å²) in [5.41, 5.74) is 0.846. The fourth-order valence-corrected chi connectivity index (χ4v) is 2.78. The Bertz CT molecular complexity index is 599. The van der Waals surface area contributed by atoms with E-state index in [-0.39, 0.29) is 31.5 Å². The van der Waals surface area contributed by atoms with Crippen molar-refractivity contribution in [2.75, 3.05) is 19.9 Å². The number of rotatable bonds is 9. The van der Waals surface area contributed by atoms with Gasteiger partial charge in [-0.1, -0.05) is 19.1 Å². The maximum atomic E-state index is 11.9. The molecule has 0 saturated carbocycles. The molecular formula is C16H26N2O4S. The lowest BCUT2D eigenvalue weighted by Gasteiger charge is -2.20. The molecule has 1 rings (SSSR count). The number of nitrogens with one attached hydrogen (secondary N) is 1. The van der Waals surface area contributed by atoms with Crippen LogP contribution in [0.1, 0.15) is 32.3 Å². The zero-order valence-corrected chi connectivity index (χ0v) is 15.0. The van der Waals surface area contributed by atoms with E-state index in [4.69, 9.17) is 4.74 Å². The van der Waals surface area contributed by atoms with Crippen LogP contribution in [0.15, 0.2) is 24.3 Å². The van der Waals surface area contributed by atoms with Crippen molar-refractivity contribution in [3.63, 3.8) is 0 Å². The minimum Gasteiger partial charge on any atom is -0.497 e. The second kappa shape index (κ2) is 8.88. The van der Waals surface area contributed by atoms with E-state index in [0.29, 0.717) is 5.75 Å². The predicted molar refractivity (Wildman–Crippen MR) is 90.8 cm³/mol. The fraction of sp³-hybridized carbons (Fsp3) is 0.562. The first-order chi connectivity index (χ1) is 10.8. The van der Waals surface area contributed by atoms with Crippen LogP contribution in [0.4, 0.5) is 0 Å². The molecule has 130 valence electrons. The standard InChI is InChI=1S/C16H26N2O4S/c1-5-13(2)17-16(19)10-11-18(23(4,20)21)12-14-6-8-15(22-3)9-7-14/h6-9,13H,5,10-12H2,1-4H3,(H,17,19). The number of carbonyl (C=O) groups excluding carboxylic acids is 1. The summed E-state index contributed by atoms with van der Waals surface area (Å²) in [6.07, 6.45) is 2.14. The van der Waals surface area contributed by atoms with Gasteiger partial charge in [0.25, 0.3) is 0 Å². The summed E-state index contributed by atoms with van der Waals surface area (Å²) in [7, 11) is -1.81. The quantitative estimate of drug-likeness (QED) is 0.742. The molecule has 0 aromatic heterocycles. The number of hydrogen-bond donors (Lipinski definition) is 1. The SMILES string of the molecule is CCC(C)NC(=O)CCN(Cc1ccc(OC)cc1)S(C)(=O)=O. The molecule has 1 N–H and O–H groups in total. The third kappa shape index (κ3) is 7.00. The van der Waals surface area contributed by atoms with Crippen LogP contribution in [0.25, 0.3) is 0 Å². The monoisotopic (exact) mass is 342 g/mol. The first kappa shape index (κ1) is 19.4. The van der Waals surface area contributed by atoms with E-state index in [2.05, 4.69) is 5.32 Å². The van der Waals surface area contributed by atoms with Crippen molar-refractivity contribution in [2.24, 2.45) is 0 Å². The number of hydrogen-bond acceptors (Lipinski definition) is 4. The molecule has 0 saturated heterocycles. The molecule has 1 amide bonds. The molecule has 0 aliphatic carbocycles. The first-order valence-electron chi connectivity index (χ1n) is 7.63. The lowest BCUT2D eigenvalue weighted by Crippen LogP contribution is -2.37. The number of carbonyl (C=O) groups is 1. The first-order valence-corrected chi connectivity index (χ1v) is 9.48. The number of ether oxygens (including phenoxy) is 1. The van der Waals surface area contributed by atoms with Gasteiger partial charge in [0.1, 0.15) is 5.75 Å². The van der Waals surface area contributed by atoms with Gasteiger partial charge < -0.3 is 10.1 Å². The average molecular weight is 342 g/mol. The molecule has 23 heavy (non-hydrogen) atoms. The summed E-state index contributed by atoms with van der Waals surface area (Å²) in [5, 5.41) is 2.84. The Morgan fingerprint density at radius 1 is 1.30 bits per heavy atom. The zero-order chi connectivity index (χ0) is 17.5. The number of sulfonamides is 1. The van der Waals surface area contributed by atoms with Crippen LogP contribution in [0.2, 0.25) is 0 Å². The molecule has 0 aliphatic rings. The third-order valence-corrected chi connectivity index (χ3v) is 4.84. The van der Waals surface area contributed by atoms with Gasteiger partial charge in [-0.25, -0.2) is 8.42 Å². The van der Waals surface area contributed by atoms with Crippen molar-refractivity contribution >= 4 is 15.9 Å². The van der Waals surface area contributed by atoms with E-state index < -0.39 is 10.0 Å². The Morgan fingerprint density at radius 2 is 1.91 bits per heavy atom. The normalized spacial score (nSPS) is 12.9.